The van der Waals surface area contributed by atoms with Crippen LogP contribution in [0.5, 0.6) is 11.5 Å². The lowest BCUT2D eigenvalue weighted by molar-refractivity contribution is -0.111. The third kappa shape index (κ3) is 4.60. The highest BCUT2D eigenvalue weighted by Gasteiger charge is 2.04. The molecule has 23 heavy (non-hydrogen) atoms. The van der Waals surface area contributed by atoms with Gasteiger partial charge in [-0.2, -0.15) is 0 Å². The maximum Gasteiger partial charge on any atom is 0.248 e. The highest BCUT2D eigenvalue weighted by atomic mass is 79.9. The van der Waals surface area contributed by atoms with E-state index in [2.05, 4.69) is 21.2 Å². The van der Waals surface area contributed by atoms with Crippen LogP contribution in [-0.4, -0.2) is 20.1 Å². The fourth-order valence-electron chi connectivity index (χ4n) is 2.04. The van der Waals surface area contributed by atoms with Crippen LogP contribution in [0.2, 0.25) is 0 Å². The first-order valence-corrected chi connectivity index (χ1v) is 7.80. The van der Waals surface area contributed by atoms with E-state index in [0.29, 0.717) is 11.5 Å². The molecule has 0 saturated heterocycles. The highest BCUT2D eigenvalue weighted by Crippen LogP contribution is 2.25. The maximum atomic E-state index is 12.1. The Labute approximate surface area is 144 Å². The summed E-state index contributed by atoms with van der Waals surface area (Å²) in [6.45, 7) is 1.97. The number of anilines is 1. The van der Waals surface area contributed by atoms with Gasteiger partial charge in [-0.25, -0.2) is 0 Å². The molecule has 0 fully saturated rings. The van der Waals surface area contributed by atoms with Gasteiger partial charge in [0.25, 0.3) is 0 Å². The van der Waals surface area contributed by atoms with Crippen molar-refractivity contribution in [2.45, 2.75) is 6.92 Å². The number of hydrogen-bond acceptors (Lipinski definition) is 3. The summed E-state index contributed by atoms with van der Waals surface area (Å²) in [4.78, 5) is 12.1. The zero-order valence-corrected chi connectivity index (χ0v) is 14.8. The molecule has 0 unspecified atom stereocenters. The standard InChI is InChI=1S/C18H18BrNO3/c1-12-10-14(5-7-16(12)19)20-18(21)9-4-13-11-15(22-2)6-8-17(13)23-3/h4-11H,1-3H3,(H,20,21). The van der Waals surface area contributed by atoms with Gasteiger partial charge in [0.2, 0.25) is 5.91 Å². The third-order valence-corrected chi connectivity index (χ3v) is 4.17. The smallest absolute Gasteiger partial charge is 0.248 e. The molecule has 1 amide bonds. The van der Waals surface area contributed by atoms with Crippen LogP contribution in [0.4, 0.5) is 5.69 Å². The number of hydrogen-bond donors (Lipinski definition) is 1. The molecule has 0 spiro atoms. The number of nitrogens with one attached hydrogen (secondary N) is 1. The number of methoxy groups -OCH3 is 2. The predicted octanol–water partition coefficient (Wildman–Crippen LogP) is 4.43. The number of aryl methyl sites for hydroxylation is 1. The van der Waals surface area contributed by atoms with Crippen LogP contribution in [-0.2, 0) is 4.79 Å². The van der Waals surface area contributed by atoms with Crippen LogP contribution in [0.1, 0.15) is 11.1 Å². The van der Waals surface area contributed by atoms with E-state index in [4.69, 9.17) is 9.47 Å². The van der Waals surface area contributed by atoms with Crippen molar-refractivity contribution >= 4 is 33.6 Å². The Hall–Kier alpha value is -2.27. The van der Waals surface area contributed by atoms with Gasteiger partial charge in [0.15, 0.2) is 0 Å². The molecule has 0 atom stereocenters. The Balaban J connectivity index is 2.13. The van der Waals surface area contributed by atoms with E-state index < -0.39 is 0 Å². The second-order valence-corrected chi connectivity index (χ2v) is 5.75. The van der Waals surface area contributed by atoms with E-state index in [1.54, 1.807) is 32.4 Å². The van der Waals surface area contributed by atoms with E-state index in [-0.39, 0.29) is 5.91 Å². The van der Waals surface area contributed by atoms with Crippen molar-refractivity contribution < 1.29 is 14.3 Å². The molecule has 0 aliphatic heterocycles. The van der Waals surface area contributed by atoms with Crippen LogP contribution in [0.25, 0.3) is 6.08 Å². The Morgan fingerprint density at radius 1 is 1.13 bits per heavy atom. The van der Waals surface area contributed by atoms with E-state index in [0.717, 1.165) is 21.3 Å². The first-order chi connectivity index (χ1) is 11.0. The molecule has 120 valence electrons. The number of ether oxygens (including phenoxy) is 2. The third-order valence-electron chi connectivity index (χ3n) is 3.28. The van der Waals surface area contributed by atoms with Gasteiger partial charge >= 0.3 is 0 Å². The van der Waals surface area contributed by atoms with Crippen LogP contribution in [0.3, 0.4) is 0 Å². The fraction of sp³-hybridized carbons (Fsp3) is 0.167. The van der Waals surface area contributed by atoms with Crippen LogP contribution < -0.4 is 14.8 Å². The average Bonchev–Trinajstić information content (AvgIpc) is 2.56. The van der Waals surface area contributed by atoms with Gasteiger partial charge in [0.1, 0.15) is 11.5 Å². The minimum Gasteiger partial charge on any atom is -0.497 e. The topological polar surface area (TPSA) is 47.6 Å². The van der Waals surface area contributed by atoms with Crippen molar-refractivity contribution in [3.05, 3.63) is 58.1 Å². The van der Waals surface area contributed by atoms with E-state index in [9.17, 15) is 4.79 Å². The first kappa shape index (κ1) is 17.1. The number of amides is 1. The molecule has 0 aromatic heterocycles. The lowest BCUT2D eigenvalue weighted by atomic mass is 10.1. The quantitative estimate of drug-likeness (QED) is 0.786. The van der Waals surface area contributed by atoms with Crippen molar-refractivity contribution in [1.82, 2.24) is 0 Å². The Kier molecular flexibility index (Phi) is 5.82. The van der Waals surface area contributed by atoms with Gasteiger partial charge in [-0.3, -0.25) is 4.79 Å². The molecule has 0 bridgehead atoms. The molecular formula is C18H18BrNO3. The van der Waals surface area contributed by atoms with Gasteiger partial charge < -0.3 is 14.8 Å². The minimum absolute atomic E-state index is 0.211. The first-order valence-electron chi connectivity index (χ1n) is 7.00. The molecule has 0 heterocycles. The van der Waals surface area contributed by atoms with Crippen molar-refractivity contribution in [3.8, 4) is 11.5 Å². The normalized spacial score (nSPS) is 10.6. The van der Waals surface area contributed by atoms with Crippen molar-refractivity contribution in [2.24, 2.45) is 0 Å². The zero-order valence-electron chi connectivity index (χ0n) is 13.2. The van der Waals surface area contributed by atoms with Crippen LogP contribution >= 0.6 is 15.9 Å². The summed E-state index contributed by atoms with van der Waals surface area (Å²) in [5.41, 5.74) is 2.58. The Bertz CT molecular complexity index is 741. The van der Waals surface area contributed by atoms with Crippen molar-refractivity contribution in [2.75, 3.05) is 19.5 Å². The van der Waals surface area contributed by atoms with Crippen molar-refractivity contribution in [1.29, 1.82) is 0 Å². The molecule has 0 aliphatic carbocycles. The second kappa shape index (κ2) is 7.83. The van der Waals surface area contributed by atoms with E-state index in [1.807, 2.05) is 31.2 Å². The van der Waals surface area contributed by atoms with E-state index in [1.165, 1.54) is 6.08 Å². The highest BCUT2D eigenvalue weighted by molar-refractivity contribution is 9.10. The fourth-order valence-corrected chi connectivity index (χ4v) is 2.29. The number of carbonyl (C=O) groups is 1. The van der Waals surface area contributed by atoms with Crippen LogP contribution in [0.15, 0.2) is 46.9 Å². The minimum atomic E-state index is -0.211. The summed E-state index contributed by atoms with van der Waals surface area (Å²) < 4.78 is 11.5. The number of benzene rings is 2. The molecule has 2 rings (SSSR count). The monoisotopic (exact) mass is 375 g/mol. The molecule has 0 saturated carbocycles. The molecular weight excluding hydrogens is 358 g/mol. The van der Waals surface area contributed by atoms with Gasteiger partial charge in [-0.15, -0.1) is 0 Å². The Morgan fingerprint density at radius 2 is 1.91 bits per heavy atom. The lowest BCUT2D eigenvalue weighted by Gasteiger charge is -2.07. The second-order valence-electron chi connectivity index (χ2n) is 4.89. The summed E-state index contributed by atoms with van der Waals surface area (Å²) in [5, 5.41) is 2.83. The van der Waals surface area contributed by atoms with Gasteiger partial charge in [-0.1, -0.05) is 15.9 Å². The zero-order chi connectivity index (χ0) is 16.8. The summed E-state index contributed by atoms with van der Waals surface area (Å²) in [6.07, 6.45) is 3.16. The van der Waals surface area contributed by atoms with Gasteiger partial charge in [0, 0.05) is 21.8 Å². The van der Waals surface area contributed by atoms with Crippen LogP contribution in [0, 0.1) is 6.92 Å². The van der Waals surface area contributed by atoms with Crippen molar-refractivity contribution in [3.63, 3.8) is 0 Å². The summed E-state index contributed by atoms with van der Waals surface area (Å²) in [5.74, 6) is 1.17. The number of halogens is 1. The largest absolute Gasteiger partial charge is 0.497 e. The molecule has 1 N–H and O–H groups in total. The molecule has 5 heteroatoms. The van der Waals surface area contributed by atoms with Gasteiger partial charge in [-0.05, 0) is 55.0 Å². The summed E-state index contributed by atoms with van der Waals surface area (Å²) >= 11 is 3.43. The summed E-state index contributed by atoms with van der Waals surface area (Å²) in [7, 11) is 3.18. The maximum absolute atomic E-state index is 12.1. The molecule has 0 radical (unpaired) electrons. The summed E-state index contributed by atoms with van der Waals surface area (Å²) in [6, 6.07) is 11.1. The average molecular weight is 376 g/mol. The molecule has 2 aromatic rings. The number of carbonyl (C=O) groups excluding carboxylic acids is 1. The predicted molar refractivity (Wildman–Crippen MR) is 96.1 cm³/mol. The Morgan fingerprint density at radius 3 is 2.57 bits per heavy atom. The van der Waals surface area contributed by atoms with E-state index >= 15 is 0 Å². The molecule has 4 nitrogen and oxygen atoms in total. The molecule has 0 aliphatic rings. The SMILES string of the molecule is COc1ccc(OC)c(C=CC(=O)Nc2ccc(Br)c(C)c2)c1. The van der Waals surface area contributed by atoms with Gasteiger partial charge in [0.05, 0.1) is 14.2 Å². The number of rotatable bonds is 5. The lowest BCUT2D eigenvalue weighted by Crippen LogP contribution is -2.07. The molecule has 2 aromatic carbocycles.